The summed E-state index contributed by atoms with van der Waals surface area (Å²) < 4.78 is 14.7. The summed E-state index contributed by atoms with van der Waals surface area (Å²) in [5.41, 5.74) is 1.30. The molecule has 0 radical (unpaired) electrons. The zero-order chi connectivity index (χ0) is 13.7. The van der Waals surface area contributed by atoms with E-state index < -0.39 is 12.0 Å². The first-order valence-electron chi connectivity index (χ1n) is 5.84. The maximum Gasteiger partial charge on any atom is 0.200 e. The highest BCUT2D eigenvalue weighted by Gasteiger charge is 2.17. The van der Waals surface area contributed by atoms with Crippen molar-refractivity contribution in [1.29, 1.82) is 0 Å². The van der Waals surface area contributed by atoms with Gasteiger partial charge in [0.15, 0.2) is 6.17 Å². The molecule has 2 aromatic carbocycles. The third-order valence-corrected chi connectivity index (χ3v) is 3.63. The summed E-state index contributed by atoms with van der Waals surface area (Å²) >= 11 is 2.04. The van der Waals surface area contributed by atoms with Crippen molar-refractivity contribution >= 4 is 32.0 Å². The van der Waals surface area contributed by atoms with Crippen LogP contribution in [0.5, 0.6) is 0 Å². The minimum Gasteiger partial charge on any atom is -0.290 e. The maximum absolute atomic E-state index is 14.0. The number of alkyl halides is 1. The van der Waals surface area contributed by atoms with Gasteiger partial charge in [-0.15, -0.1) is 0 Å². The van der Waals surface area contributed by atoms with Crippen molar-refractivity contribution < 1.29 is 9.18 Å². The van der Waals surface area contributed by atoms with Crippen LogP contribution in [0, 0.1) is 0 Å². The number of carbonyl (C=O) groups excluding carboxylic acids is 1. The molecule has 0 saturated heterocycles. The minimum atomic E-state index is -1.62. The Bertz CT molecular complexity index is 578. The molecule has 0 saturated carbocycles. The first-order valence-corrected chi connectivity index (χ1v) is 6.92. The third kappa shape index (κ3) is 3.73. The second kappa shape index (κ2) is 6.61. The summed E-state index contributed by atoms with van der Waals surface area (Å²) in [6, 6.07) is 17.9. The molecule has 2 aromatic rings. The molecule has 0 aliphatic carbocycles. The van der Waals surface area contributed by atoms with Crippen molar-refractivity contribution in [2.45, 2.75) is 6.17 Å². The SMILES string of the molecule is O=C(c1ccccc1)C(F)/C=C(/I)c1ccccc1. The van der Waals surface area contributed by atoms with Crippen molar-refractivity contribution in [2.75, 3.05) is 0 Å². The van der Waals surface area contributed by atoms with Crippen molar-refractivity contribution in [1.82, 2.24) is 0 Å². The van der Waals surface area contributed by atoms with Gasteiger partial charge in [0.1, 0.15) is 0 Å². The largest absolute Gasteiger partial charge is 0.290 e. The number of hydrogen-bond donors (Lipinski definition) is 0. The minimum absolute atomic E-state index is 0.392. The van der Waals surface area contributed by atoms with Crippen LogP contribution in [0.15, 0.2) is 66.7 Å². The Kier molecular flexibility index (Phi) is 4.85. The molecule has 0 N–H and O–H groups in total. The Morgan fingerprint density at radius 1 is 0.947 bits per heavy atom. The highest BCUT2D eigenvalue weighted by atomic mass is 127. The average Bonchev–Trinajstić information content (AvgIpc) is 2.48. The standard InChI is InChI=1S/C16H12FIO/c17-14(16(19)13-9-5-2-6-10-13)11-15(18)12-7-3-1-4-8-12/h1-11,14H/b15-11+. The van der Waals surface area contributed by atoms with Gasteiger partial charge in [-0.05, 0) is 34.2 Å². The monoisotopic (exact) mass is 366 g/mol. The van der Waals surface area contributed by atoms with Crippen LogP contribution in [-0.4, -0.2) is 12.0 Å². The number of allylic oxidation sites excluding steroid dienone is 1. The van der Waals surface area contributed by atoms with Gasteiger partial charge < -0.3 is 0 Å². The van der Waals surface area contributed by atoms with Gasteiger partial charge in [0.05, 0.1) is 0 Å². The maximum atomic E-state index is 14.0. The fourth-order valence-electron chi connectivity index (χ4n) is 1.66. The van der Waals surface area contributed by atoms with Crippen LogP contribution in [0.2, 0.25) is 0 Å². The van der Waals surface area contributed by atoms with E-state index in [2.05, 4.69) is 0 Å². The van der Waals surface area contributed by atoms with Crippen LogP contribution in [-0.2, 0) is 0 Å². The van der Waals surface area contributed by atoms with Crippen molar-refractivity contribution in [3.63, 3.8) is 0 Å². The van der Waals surface area contributed by atoms with Gasteiger partial charge >= 0.3 is 0 Å². The average molecular weight is 366 g/mol. The van der Waals surface area contributed by atoms with E-state index in [9.17, 15) is 9.18 Å². The number of carbonyl (C=O) groups is 1. The Morgan fingerprint density at radius 3 is 1.95 bits per heavy atom. The summed E-state index contributed by atoms with van der Waals surface area (Å²) in [6.45, 7) is 0. The zero-order valence-corrected chi connectivity index (χ0v) is 12.2. The predicted molar refractivity (Wildman–Crippen MR) is 84.1 cm³/mol. The summed E-state index contributed by atoms with van der Waals surface area (Å²) in [5.74, 6) is -0.509. The fourth-order valence-corrected chi connectivity index (χ4v) is 2.33. The van der Waals surface area contributed by atoms with E-state index in [-0.39, 0.29) is 0 Å². The van der Waals surface area contributed by atoms with Gasteiger partial charge in [0.25, 0.3) is 0 Å². The lowest BCUT2D eigenvalue weighted by Crippen LogP contribution is -2.13. The van der Waals surface area contributed by atoms with E-state index in [1.54, 1.807) is 30.3 Å². The molecule has 19 heavy (non-hydrogen) atoms. The molecular formula is C16H12FIO. The topological polar surface area (TPSA) is 17.1 Å². The summed E-state index contributed by atoms with van der Waals surface area (Å²) in [6.07, 6.45) is -0.264. The molecule has 0 aliphatic heterocycles. The van der Waals surface area contributed by atoms with Crippen molar-refractivity contribution in [3.05, 3.63) is 77.9 Å². The molecule has 96 valence electrons. The van der Waals surface area contributed by atoms with Crippen LogP contribution in [0.1, 0.15) is 15.9 Å². The molecule has 0 aliphatic rings. The van der Waals surface area contributed by atoms with Gasteiger partial charge in [0, 0.05) is 9.14 Å². The van der Waals surface area contributed by atoms with Crippen molar-refractivity contribution in [3.8, 4) is 0 Å². The molecule has 1 nitrogen and oxygen atoms in total. The van der Waals surface area contributed by atoms with Crippen LogP contribution in [0.4, 0.5) is 4.39 Å². The van der Waals surface area contributed by atoms with Crippen molar-refractivity contribution in [2.24, 2.45) is 0 Å². The number of hydrogen-bond acceptors (Lipinski definition) is 1. The van der Waals surface area contributed by atoms with Gasteiger partial charge in [0.2, 0.25) is 5.78 Å². The molecule has 0 amide bonds. The molecule has 1 atom stereocenters. The fraction of sp³-hybridized carbons (Fsp3) is 0.0625. The number of Topliss-reactive ketones (excluding diaryl/α,β-unsaturated/α-hetero) is 1. The van der Waals surface area contributed by atoms with Gasteiger partial charge in [-0.1, -0.05) is 60.7 Å². The second-order valence-corrected chi connectivity index (χ2v) is 5.17. The smallest absolute Gasteiger partial charge is 0.200 e. The number of benzene rings is 2. The number of halogens is 2. The molecule has 3 heteroatoms. The van der Waals surface area contributed by atoms with E-state index in [0.717, 1.165) is 9.14 Å². The lowest BCUT2D eigenvalue weighted by molar-refractivity contribution is 0.0914. The molecule has 0 aromatic heterocycles. The third-order valence-electron chi connectivity index (χ3n) is 2.65. The lowest BCUT2D eigenvalue weighted by Gasteiger charge is -2.05. The summed E-state index contributed by atoms with van der Waals surface area (Å²) in [7, 11) is 0. The molecule has 2 rings (SSSR count). The van der Waals surface area contributed by atoms with Gasteiger partial charge in [-0.25, -0.2) is 4.39 Å². The Balaban J connectivity index is 2.17. The Hall–Kier alpha value is -1.49. The lowest BCUT2D eigenvalue weighted by atomic mass is 10.1. The van der Waals surface area contributed by atoms with Crippen LogP contribution >= 0.6 is 22.6 Å². The second-order valence-electron chi connectivity index (χ2n) is 4.01. The molecule has 0 bridgehead atoms. The van der Waals surface area contributed by atoms with E-state index >= 15 is 0 Å². The van der Waals surface area contributed by atoms with E-state index in [1.807, 2.05) is 52.9 Å². The van der Waals surface area contributed by atoms with E-state index in [4.69, 9.17) is 0 Å². The highest BCUT2D eigenvalue weighted by molar-refractivity contribution is 14.1. The zero-order valence-electron chi connectivity index (χ0n) is 10.1. The Morgan fingerprint density at radius 2 is 1.42 bits per heavy atom. The normalized spacial score (nSPS) is 13.1. The molecule has 0 fully saturated rings. The molecule has 0 spiro atoms. The number of ketones is 1. The summed E-state index contributed by atoms with van der Waals surface area (Å²) in [5, 5.41) is 0. The molecule has 0 heterocycles. The Labute approximate surface area is 125 Å². The van der Waals surface area contributed by atoms with Crippen LogP contribution in [0.3, 0.4) is 0 Å². The molecular weight excluding hydrogens is 354 g/mol. The highest BCUT2D eigenvalue weighted by Crippen LogP contribution is 2.23. The van der Waals surface area contributed by atoms with Gasteiger partial charge in [-0.3, -0.25) is 4.79 Å². The van der Waals surface area contributed by atoms with Crippen LogP contribution < -0.4 is 0 Å². The first-order chi connectivity index (χ1) is 9.18. The predicted octanol–water partition coefficient (Wildman–Crippen LogP) is 4.68. The van der Waals surface area contributed by atoms with Crippen LogP contribution in [0.25, 0.3) is 3.58 Å². The van der Waals surface area contributed by atoms with E-state index in [1.165, 1.54) is 6.08 Å². The first kappa shape index (κ1) is 13.9. The quantitative estimate of drug-likeness (QED) is 0.567. The molecule has 1 unspecified atom stereocenters. The number of rotatable bonds is 4. The summed E-state index contributed by atoms with van der Waals surface area (Å²) in [4.78, 5) is 11.9. The van der Waals surface area contributed by atoms with Gasteiger partial charge in [-0.2, -0.15) is 0 Å². The van der Waals surface area contributed by atoms with E-state index in [0.29, 0.717) is 5.56 Å².